The van der Waals surface area contributed by atoms with Crippen LogP contribution in [0.5, 0.6) is 0 Å². The maximum Gasteiger partial charge on any atom is 0.339 e. The number of nitrogens with zero attached hydrogens (tertiary/aromatic N) is 3. The predicted octanol–water partition coefficient (Wildman–Crippen LogP) is 3.48. The van der Waals surface area contributed by atoms with Gasteiger partial charge in [0.25, 0.3) is 14.1 Å². The molecule has 2 aromatic rings. The Morgan fingerprint density at radius 1 is 1.23 bits per heavy atom. The number of aromatic nitrogens is 2. The summed E-state index contributed by atoms with van der Waals surface area (Å²) in [6.45, 7) is 10.4. The van der Waals surface area contributed by atoms with E-state index in [0.717, 1.165) is 0 Å². The van der Waals surface area contributed by atoms with Gasteiger partial charge < -0.3 is 23.3 Å². The number of H-pyrrole nitrogens is 1. The van der Waals surface area contributed by atoms with Gasteiger partial charge >= 0.3 is 11.7 Å². The third-order valence-electron chi connectivity index (χ3n) is 7.19. The highest BCUT2D eigenvalue weighted by Crippen LogP contribution is 2.55. The highest BCUT2D eigenvalue weighted by molar-refractivity contribution is 7.44. The minimum Gasteiger partial charge on any atom is -0.449 e. The van der Waals surface area contributed by atoms with Crippen molar-refractivity contribution in [1.82, 2.24) is 14.2 Å². The third-order valence-corrected chi connectivity index (χ3v) is 9.30. The third kappa shape index (κ3) is 7.25. The largest absolute Gasteiger partial charge is 0.449 e. The van der Waals surface area contributed by atoms with Crippen molar-refractivity contribution in [2.24, 2.45) is 0 Å². The smallest absolute Gasteiger partial charge is 0.339 e. The van der Waals surface area contributed by atoms with E-state index < -0.39 is 49.8 Å². The highest BCUT2D eigenvalue weighted by Gasteiger charge is 2.63. The molecule has 13 heteroatoms. The number of esters is 1. The second-order valence-corrected chi connectivity index (χ2v) is 12.1. The Morgan fingerprint density at radius 3 is 2.60 bits per heavy atom. The number of carbonyl (C=O) groups is 1. The van der Waals surface area contributed by atoms with Crippen molar-refractivity contribution in [1.29, 1.82) is 5.26 Å². The molecule has 0 radical (unpaired) electrons. The number of ether oxygens (including phenoxy) is 3. The lowest BCUT2D eigenvalue weighted by Crippen LogP contribution is -2.43. The van der Waals surface area contributed by atoms with E-state index >= 15 is 0 Å². The lowest BCUT2D eigenvalue weighted by atomic mass is 9.96. The molecule has 230 valence electrons. The molecule has 43 heavy (non-hydrogen) atoms. The fourth-order valence-corrected chi connectivity index (χ4v) is 6.96. The van der Waals surface area contributed by atoms with E-state index in [-0.39, 0.29) is 43.9 Å². The first-order valence-electron chi connectivity index (χ1n) is 14.2. The fourth-order valence-electron chi connectivity index (χ4n) is 5.15. The zero-order chi connectivity index (χ0) is 31.1. The number of hydrogen-bond donors (Lipinski definition) is 1. The highest BCUT2D eigenvalue weighted by atomic mass is 31.2. The predicted molar refractivity (Wildman–Crippen MR) is 158 cm³/mol. The number of nitriles is 1. The minimum atomic E-state index is -1.60. The van der Waals surface area contributed by atoms with E-state index in [0.29, 0.717) is 12.0 Å². The van der Waals surface area contributed by atoms with Gasteiger partial charge in [0, 0.05) is 18.3 Å². The zero-order valence-corrected chi connectivity index (χ0v) is 25.8. The monoisotopic (exact) mass is 612 g/mol. The quantitative estimate of drug-likeness (QED) is 0.164. The summed E-state index contributed by atoms with van der Waals surface area (Å²) in [5.74, 6) is 4.80. The molecule has 0 spiro atoms. The van der Waals surface area contributed by atoms with Crippen molar-refractivity contribution in [2.45, 2.75) is 83.6 Å². The average molecular weight is 613 g/mol. The number of fused-ring (bicyclic) bond motifs is 2. The summed E-state index contributed by atoms with van der Waals surface area (Å²) in [5, 5.41) is 9.06. The molecule has 0 saturated carbocycles. The van der Waals surface area contributed by atoms with Crippen LogP contribution < -0.4 is 11.2 Å². The van der Waals surface area contributed by atoms with E-state index in [1.807, 2.05) is 34.6 Å². The number of benzene rings is 1. The minimum absolute atomic E-state index is 0.00219. The molecule has 5 atom stereocenters. The van der Waals surface area contributed by atoms with Crippen LogP contribution in [-0.4, -0.2) is 69.9 Å². The summed E-state index contributed by atoms with van der Waals surface area (Å²) in [4.78, 5) is 40.0. The van der Waals surface area contributed by atoms with Crippen LogP contribution in [0.15, 0.2) is 46.1 Å². The molecule has 1 aromatic carbocycles. The Hall–Kier alpha value is -3.35. The Bertz CT molecular complexity index is 1480. The second-order valence-electron chi connectivity index (χ2n) is 10.7. The maximum absolute atomic E-state index is 13.0. The molecule has 3 heterocycles. The lowest BCUT2D eigenvalue weighted by Gasteiger charge is -2.38. The standard InChI is InChI=1S/C30H37N4O8P/c1-6-30-19-39-24(25(30)42-43(40-17-11-15-31)34(20(2)3)21(4)5)27(41-30)33-18-23(26(35)32-29(33)37)14-10-16-38-28(36)22-12-8-7-9-13-22/h7-9,12-13,18,20-21,24-25,27H,6,11,16-17,19H2,1-5H3,(H,32,35,37)/t24?,25-,27+,30+,43?/m0/s1. The van der Waals surface area contributed by atoms with Crippen LogP contribution in [0.2, 0.25) is 0 Å². The molecule has 1 N–H and O–H groups in total. The Morgan fingerprint density at radius 2 is 1.95 bits per heavy atom. The summed E-state index contributed by atoms with van der Waals surface area (Å²) >= 11 is 0. The number of carbonyl (C=O) groups excluding carboxylic acids is 1. The Kier molecular flexibility index (Phi) is 10.9. The molecule has 2 unspecified atom stereocenters. The molecule has 2 bridgehead atoms. The van der Waals surface area contributed by atoms with Crippen molar-refractivity contribution >= 4 is 14.5 Å². The van der Waals surface area contributed by atoms with E-state index in [9.17, 15) is 14.4 Å². The fraction of sp³-hybridized carbons (Fsp3) is 0.533. The van der Waals surface area contributed by atoms with Crippen LogP contribution in [0.1, 0.15) is 69.6 Å². The molecule has 1 aromatic heterocycles. The first-order chi connectivity index (χ1) is 20.6. The van der Waals surface area contributed by atoms with Crippen molar-refractivity contribution in [2.75, 3.05) is 19.8 Å². The molecule has 2 fully saturated rings. The molecule has 2 saturated heterocycles. The summed E-state index contributed by atoms with van der Waals surface area (Å²) in [6, 6.07) is 10.8. The lowest BCUT2D eigenvalue weighted by molar-refractivity contribution is -0.175. The van der Waals surface area contributed by atoms with Gasteiger partial charge in [0.05, 0.1) is 31.3 Å². The van der Waals surface area contributed by atoms with Gasteiger partial charge in [-0.05, 0) is 46.2 Å². The van der Waals surface area contributed by atoms with Crippen LogP contribution >= 0.6 is 8.53 Å². The van der Waals surface area contributed by atoms with Crippen molar-refractivity contribution in [3.63, 3.8) is 0 Å². The van der Waals surface area contributed by atoms with Gasteiger partial charge in [-0.25, -0.2) is 14.3 Å². The number of nitrogens with one attached hydrogen (secondary N) is 1. The number of rotatable bonds is 12. The normalized spacial score (nSPS) is 23.3. The summed E-state index contributed by atoms with van der Waals surface area (Å²) < 4.78 is 33.9. The Balaban J connectivity index is 1.56. The molecule has 4 rings (SSSR count). The molecule has 0 aliphatic carbocycles. The second kappa shape index (κ2) is 14.4. The molecular weight excluding hydrogens is 575 g/mol. The van der Waals surface area contributed by atoms with Crippen LogP contribution in [0.25, 0.3) is 0 Å². The van der Waals surface area contributed by atoms with Crippen molar-refractivity contribution < 1.29 is 28.1 Å². The van der Waals surface area contributed by atoms with Crippen LogP contribution in [0, 0.1) is 23.2 Å². The number of aromatic amines is 1. The molecule has 2 aliphatic heterocycles. The topological polar surface area (TPSA) is 145 Å². The van der Waals surface area contributed by atoms with Gasteiger partial charge in [-0.3, -0.25) is 14.3 Å². The molecule has 2 aliphatic rings. The van der Waals surface area contributed by atoms with Gasteiger partial charge in [0.2, 0.25) is 0 Å². The van der Waals surface area contributed by atoms with Gasteiger partial charge in [-0.15, -0.1) is 0 Å². The van der Waals surface area contributed by atoms with Gasteiger partial charge in [0.1, 0.15) is 23.4 Å². The van der Waals surface area contributed by atoms with Gasteiger partial charge in [-0.2, -0.15) is 5.26 Å². The van der Waals surface area contributed by atoms with Crippen LogP contribution in [-0.2, 0) is 23.3 Å². The van der Waals surface area contributed by atoms with E-state index in [2.05, 4.69) is 27.6 Å². The SMILES string of the molecule is CC[C@]12COC([C@H](n3cc(C#CCOC(=O)c4ccccc4)c(=O)[nH]c3=O)O1)[C@@H]2OP(OCCC#N)N(C(C)C)C(C)C. The van der Waals surface area contributed by atoms with Crippen molar-refractivity contribution in [3.8, 4) is 17.9 Å². The van der Waals surface area contributed by atoms with Crippen molar-refractivity contribution in [3.05, 3.63) is 68.5 Å². The van der Waals surface area contributed by atoms with Crippen LogP contribution in [0.4, 0.5) is 0 Å². The maximum atomic E-state index is 13.0. The summed E-state index contributed by atoms with van der Waals surface area (Å²) in [5.41, 5.74) is -1.84. The average Bonchev–Trinajstić information content (AvgIpc) is 3.48. The first kappa shape index (κ1) is 32.6. The van der Waals surface area contributed by atoms with E-state index in [1.165, 1.54) is 10.8 Å². The van der Waals surface area contributed by atoms with E-state index in [1.54, 1.807) is 30.3 Å². The first-order valence-corrected chi connectivity index (χ1v) is 15.4. The van der Waals surface area contributed by atoms with E-state index in [4.69, 9.17) is 28.5 Å². The number of hydrogen-bond acceptors (Lipinski definition) is 10. The van der Waals surface area contributed by atoms with Gasteiger partial charge in [0.15, 0.2) is 12.8 Å². The molecule has 12 nitrogen and oxygen atoms in total. The Labute approximate surface area is 251 Å². The van der Waals surface area contributed by atoms with Gasteiger partial charge in [-0.1, -0.05) is 37.0 Å². The summed E-state index contributed by atoms with van der Waals surface area (Å²) in [7, 11) is -1.60. The van der Waals surface area contributed by atoms with Crippen LogP contribution in [0.3, 0.4) is 0 Å². The zero-order valence-electron chi connectivity index (χ0n) is 24.9. The molecular formula is C30H37N4O8P. The summed E-state index contributed by atoms with van der Waals surface area (Å²) in [6.07, 6.45) is -0.0853. The molecule has 0 amide bonds.